The Morgan fingerprint density at radius 2 is 2.00 bits per heavy atom. The van der Waals surface area contributed by atoms with Gasteiger partial charge in [-0.3, -0.25) is 0 Å². The van der Waals surface area contributed by atoms with Crippen LogP contribution in [0.4, 0.5) is 5.69 Å². The van der Waals surface area contributed by atoms with E-state index in [-0.39, 0.29) is 0 Å². The maximum atomic E-state index is 5.91. The normalized spacial score (nSPS) is 29.9. The summed E-state index contributed by atoms with van der Waals surface area (Å²) in [7, 11) is 2.33. The van der Waals surface area contributed by atoms with E-state index in [2.05, 4.69) is 42.4 Å². The van der Waals surface area contributed by atoms with Crippen molar-refractivity contribution in [1.82, 2.24) is 5.32 Å². The van der Waals surface area contributed by atoms with Crippen LogP contribution in [-0.4, -0.2) is 37.3 Å². The van der Waals surface area contributed by atoms with E-state index in [1.165, 1.54) is 68.4 Å². The van der Waals surface area contributed by atoms with E-state index >= 15 is 0 Å². The van der Waals surface area contributed by atoms with Gasteiger partial charge in [0, 0.05) is 18.2 Å². The molecule has 2 heterocycles. The monoisotopic (exact) mass is 344 g/mol. The van der Waals surface area contributed by atoms with E-state index in [4.69, 9.17) is 12.2 Å². The predicted molar refractivity (Wildman–Crippen MR) is 104 cm³/mol. The Hall–Kier alpha value is -1.13. The second-order valence-electron chi connectivity index (χ2n) is 8.09. The lowest BCUT2D eigenvalue weighted by atomic mass is 9.89. The van der Waals surface area contributed by atoms with Crippen molar-refractivity contribution < 1.29 is 4.90 Å². The molecule has 3 aliphatic rings. The lowest BCUT2D eigenvalue weighted by Gasteiger charge is -2.37. The molecular formula is C20H30N3S+. The molecule has 0 amide bonds. The number of quaternary nitrogens is 1. The molecule has 4 heteroatoms. The third-order valence-corrected chi connectivity index (χ3v) is 6.54. The molecule has 2 fully saturated rings. The van der Waals surface area contributed by atoms with Gasteiger partial charge in [-0.05, 0) is 43.6 Å². The first-order chi connectivity index (χ1) is 11.6. The molecule has 1 saturated heterocycles. The fourth-order valence-corrected chi connectivity index (χ4v) is 5.36. The molecule has 0 spiro atoms. The van der Waals surface area contributed by atoms with E-state index < -0.39 is 0 Å². The molecule has 2 N–H and O–H groups in total. The van der Waals surface area contributed by atoms with Gasteiger partial charge in [0.2, 0.25) is 0 Å². The molecule has 0 radical (unpaired) electrons. The van der Waals surface area contributed by atoms with Crippen LogP contribution in [0.2, 0.25) is 0 Å². The number of fused-ring (bicyclic) bond motifs is 3. The minimum Gasteiger partial charge on any atom is -0.360 e. The van der Waals surface area contributed by atoms with E-state index in [1.807, 2.05) is 0 Å². The Balaban J connectivity index is 1.60. The van der Waals surface area contributed by atoms with Gasteiger partial charge in [-0.2, -0.15) is 0 Å². The van der Waals surface area contributed by atoms with Crippen LogP contribution in [0.15, 0.2) is 18.2 Å². The zero-order valence-corrected chi connectivity index (χ0v) is 15.8. The molecular weight excluding hydrogens is 314 g/mol. The van der Waals surface area contributed by atoms with Gasteiger partial charge in [-0.25, -0.2) is 0 Å². The molecule has 4 rings (SSSR count). The van der Waals surface area contributed by atoms with Crippen molar-refractivity contribution >= 4 is 23.0 Å². The highest BCUT2D eigenvalue weighted by Crippen LogP contribution is 2.43. The highest BCUT2D eigenvalue weighted by molar-refractivity contribution is 7.80. The Morgan fingerprint density at radius 3 is 2.79 bits per heavy atom. The van der Waals surface area contributed by atoms with E-state index in [1.54, 1.807) is 4.90 Å². The molecule has 130 valence electrons. The zero-order chi connectivity index (χ0) is 16.7. The van der Waals surface area contributed by atoms with Gasteiger partial charge in [0.05, 0.1) is 32.1 Å². The fraction of sp³-hybridized carbons (Fsp3) is 0.650. The second-order valence-corrected chi connectivity index (χ2v) is 8.48. The largest absolute Gasteiger partial charge is 0.360 e. The van der Waals surface area contributed by atoms with E-state index in [9.17, 15) is 0 Å². The summed E-state index contributed by atoms with van der Waals surface area (Å²) in [6, 6.07) is 8.07. The molecule has 2 aliphatic heterocycles. The summed E-state index contributed by atoms with van der Waals surface area (Å²) in [5, 5.41) is 4.68. The zero-order valence-electron chi connectivity index (χ0n) is 15.0. The van der Waals surface area contributed by atoms with Gasteiger partial charge >= 0.3 is 0 Å². The van der Waals surface area contributed by atoms with Crippen molar-refractivity contribution in [1.29, 1.82) is 0 Å². The maximum Gasteiger partial charge on any atom is 0.173 e. The molecule has 1 saturated carbocycles. The lowest BCUT2D eigenvalue weighted by molar-refractivity contribution is -0.886. The van der Waals surface area contributed by atoms with Crippen molar-refractivity contribution in [2.24, 2.45) is 0 Å². The minimum atomic E-state index is 0.550. The Kier molecular flexibility index (Phi) is 4.52. The van der Waals surface area contributed by atoms with Crippen LogP contribution in [0.1, 0.15) is 55.6 Å². The number of aryl methyl sites for hydroxylation is 1. The number of rotatable bonds is 1. The lowest BCUT2D eigenvalue weighted by Crippen LogP contribution is -3.11. The summed E-state index contributed by atoms with van der Waals surface area (Å²) < 4.78 is 0. The standard InChI is InChI=1S/C20H29N3S/c1-14-8-9-18-16(12-14)17-13-22(2)11-10-19(17)23(18)20(24)21-15-6-4-3-5-7-15/h8-9,12,15,17,19H,3-7,10-11,13H2,1-2H3,(H,21,24)/p+1/t17-,19+/m0/s1. The van der Waals surface area contributed by atoms with E-state index in [0.29, 0.717) is 18.0 Å². The number of anilines is 1. The van der Waals surface area contributed by atoms with Crippen LogP contribution < -0.4 is 15.1 Å². The molecule has 3 nitrogen and oxygen atoms in total. The molecule has 1 unspecified atom stereocenters. The van der Waals surface area contributed by atoms with Gasteiger partial charge in [-0.1, -0.05) is 37.0 Å². The number of thiocarbonyl (C=S) groups is 1. The summed E-state index contributed by atoms with van der Waals surface area (Å²) in [6.45, 7) is 4.68. The quantitative estimate of drug-likeness (QED) is 0.763. The number of likely N-dealkylation sites (tertiary alicyclic amines) is 1. The van der Waals surface area contributed by atoms with Crippen LogP contribution in [0, 0.1) is 6.92 Å². The summed E-state index contributed by atoms with van der Waals surface area (Å²) in [4.78, 5) is 4.12. The van der Waals surface area contributed by atoms with Crippen molar-refractivity contribution in [3.63, 3.8) is 0 Å². The number of piperidine rings is 1. The highest BCUT2D eigenvalue weighted by atomic mass is 32.1. The SMILES string of the molecule is Cc1ccc2c(c1)[C@@H]1C[NH+](C)CC[C@H]1N2C(=S)NC1CCCCC1. The summed E-state index contributed by atoms with van der Waals surface area (Å²) >= 11 is 5.91. The highest BCUT2D eigenvalue weighted by Gasteiger charge is 2.44. The number of likely N-dealkylation sites (N-methyl/N-ethyl adjacent to an activating group) is 1. The molecule has 1 aromatic rings. The van der Waals surface area contributed by atoms with Crippen molar-refractivity contribution in [2.45, 2.75) is 63.5 Å². The first kappa shape index (κ1) is 16.3. The van der Waals surface area contributed by atoms with Gasteiger partial charge in [-0.15, -0.1) is 0 Å². The van der Waals surface area contributed by atoms with Crippen molar-refractivity contribution in [3.8, 4) is 0 Å². The molecule has 3 atom stereocenters. The summed E-state index contributed by atoms with van der Waals surface area (Å²) in [6.07, 6.45) is 7.85. The van der Waals surface area contributed by atoms with Gasteiger partial charge in [0.15, 0.2) is 5.11 Å². The smallest absolute Gasteiger partial charge is 0.173 e. The summed E-state index contributed by atoms with van der Waals surface area (Å²) in [5.41, 5.74) is 4.24. The maximum absolute atomic E-state index is 5.91. The minimum absolute atomic E-state index is 0.550. The molecule has 24 heavy (non-hydrogen) atoms. The van der Waals surface area contributed by atoms with E-state index in [0.717, 1.165) is 5.11 Å². The van der Waals surface area contributed by atoms with Gasteiger partial charge in [0.1, 0.15) is 0 Å². The average molecular weight is 345 g/mol. The summed E-state index contributed by atoms with van der Waals surface area (Å²) in [5.74, 6) is 0.625. The van der Waals surface area contributed by atoms with Gasteiger partial charge < -0.3 is 15.1 Å². The number of hydrogen-bond acceptors (Lipinski definition) is 1. The van der Waals surface area contributed by atoms with Crippen LogP contribution in [0.25, 0.3) is 0 Å². The Morgan fingerprint density at radius 1 is 1.21 bits per heavy atom. The fourth-order valence-electron chi connectivity index (χ4n) is 4.96. The Bertz CT molecular complexity index is 623. The van der Waals surface area contributed by atoms with Gasteiger partial charge in [0.25, 0.3) is 0 Å². The second kappa shape index (κ2) is 6.64. The van der Waals surface area contributed by atoms with Crippen molar-refractivity contribution in [3.05, 3.63) is 29.3 Å². The molecule has 1 aliphatic carbocycles. The average Bonchev–Trinajstić information content (AvgIpc) is 2.89. The van der Waals surface area contributed by atoms with Crippen LogP contribution in [-0.2, 0) is 0 Å². The molecule has 0 bridgehead atoms. The third-order valence-electron chi connectivity index (χ3n) is 6.22. The first-order valence-electron chi connectivity index (χ1n) is 9.65. The predicted octanol–water partition coefficient (Wildman–Crippen LogP) is 2.39. The van der Waals surface area contributed by atoms with Crippen LogP contribution in [0.3, 0.4) is 0 Å². The molecule has 0 aromatic heterocycles. The number of hydrogen-bond donors (Lipinski definition) is 2. The third kappa shape index (κ3) is 2.95. The number of nitrogens with zero attached hydrogens (tertiary/aromatic N) is 1. The van der Waals surface area contributed by atoms with Crippen molar-refractivity contribution in [2.75, 3.05) is 25.0 Å². The topological polar surface area (TPSA) is 19.7 Å². The van der Waals surface area contributed by atoms with Crippen LogP contribution in [0.5, 0.6) is 0 Å². The van der Waals surface area contributed by atoms with Crippen LogP contribution >= 0.6 is 12.2 Å². The Labute approximate surface area is 151 Å². The number of nitrogens with one attached hydrogen (secondary N) is 2. The molecule has 1 aromatic carbocycles. The number of benzene rings is 1. The first-order valence-corrected chi connectivity index (χ1v) is 10.1.